The van der Waals surface area contributed by atoms with Gasteiger partial charge in [-0.1, -0.05) is 0 Å². The van der Waals surface area contributed by atoms with Gasteiger partial charge in [0.25, 0.3) is 0 Å². The monoisotopic (exact) mass is 209 g/mol. The normalized spacial score (nSPS) is 24.0. The predicted octanol–water partition coefficient (Wildman–Crippen LogP) is 1.33. The third-order valence-corrected chi connectivity index (χ3v) is 3.09. The summed E-state index contributed by atoms with van der Waals surface area (Å²) in [5, 5.41) is 0. The Hall–Kier alpha value is -0.870. The van der Waals surface area contributed by atoms with Crippen LogP contribution in [0.15, 0.2) is 12.4 Å². The Kier molecular flexibility index (Phi) is 3.38. The van der Waals surface area contributed by atoms with Crippen molar-refractivity contribution in [1.82, 2.24) is 9.55 Å². The number of aromatic nitrogens is 2. The smallest absolute Gasteiger partial charge is 0.125 e. The Morgan fingerprint density at radius 1 is 1.73 bits per heavy atom. The molecule has 2 heterocycles. The minimum absolute atomic E-state index is 0.0141. The van der Waals surface area contributed by atoms with Gasteiger partial charge in [0.15, 0.2) is 0 Å². The van der Waals surface area contributed by atoms with Crippen molar-refractivity contribution < 1.29 is 4.74 Å². The van der Waals surface area contributed by atoms with Gasteiger partial charge in [0, 0.05) is 31.5 Å². The van der Waals surface area contributed by atoms with E-state index in [4.69, 9.17) is 10.5 Å². The minimum Gasteiger partial charge on any atom is -0.381 e. The van der Waals surface area contributed by atoms with Crippen molar-refractivity contribution in [3.63, 3.8) is 0 Å². The lowest BCUT2D eigenvalue weighted by atomic mass is 9.94. The van der Waals surface area contributed by atoms with E-state index >= 15 is 0 Å². The molecule has 4 nitrogen and oxygen atoms in total. The maximum Gasteiger partial charge on any atom is 0.125 e. The molecule has 1 aromatic rings. The van der Waals surface area contributed by atoms with Crippen LogP contribution in [0.1, 0.15) is 31.6 Å². The summed E-state index contributed by atoms with van der Waals surface area (Å²) in [6.45, 7) is 4.69. The van der Waals surface area contributed by atoms with Gasteiger partial charge in [0.05, 0.1) is 12.6 Å². The van der Waals surface area contributed by atoms with Crippen molar-refractivity contribution in [2.75, 3.05) is 13.2 Å². The van der Waals surface area contributed by atoms with E-state index in [-0.39, 0.29) is 6.04 Å². The number of ether oxygens (including phenoxy) is 1. The molecule has 0 bridgehead atoms. The van der Waals surface area contributed by atoms with Gasteiger partial charge in [-0.05, 0) is 19.8 Å². The van der Waals surface area contributed by atoms with E-state index in [1.807, 2.05) is 12.4 Å². The van der Waals surface area contributed by atoms with Crippen molar-refractivity contribution >= 4 is 0 Å². The van der Waals surface area contributed by atoms with Gasteiger partial charge < -0.3 is 15.0 Å². The SMILES string of the molecule is CCn1ccnc1[C@@H](N)[C@@H]1CCCOC1. The van der Waals surface area contributed by atoms with Crippen LogP contribution in [0.5, 0.6) is 0 Å². The lowest BCUT2D eigenvalue weighted by molar-refractivity contribution is 0.0432. The van der Waals surface area contributed by atoms with Gasteiger partial charge in [-0.15, -0.1) is 0 Å². The zero-order chi connectivity index (χ0) is 10.7. The molecule has 0 saturated carbocycles. The van der Waals surface area contributed by atoms with Crippen molar-refractivity contribution in [2.24, 2.45) is 11.7 Å². The second-order valence-electron chi connectivity index (χ2n) is 4.07. The topological polar surface area (TPSA) is 53.1 Å². The molecule has 2 atom stereocenters. The maximum absolute atomic E-state index is 6.23. The number of imidazole rings is 1. The molecule has 2 N–H and O–H groups in total. The molecule has 1 saturated heterocycles. The Labute approximate surface area is 90.4 Å². The van der Waals surface area contributed by atoms with Gasteiger partial charge in [-0.3, -0.25) is 0 Å². The van der Waals surface area contributed by atoms with Crippen molar-refractivity contribution in [3.8, 4) is 0 Å². The number of hydrogen-bond acceptors (Lipinski definition) is 3. The highest BCUT2D eigenvalue weighted by Gasteiger charge is 2.25. The lowest BCUT2D eigenvalue weighted by Crippen LogP contribution is -2.31. The Bertz CT molecular complexity index is 305. The summed E-state index contributed by atoms with van der Waals surface area (Å²) in [4.78, 5) is 4.34. The molecule has 0 radical (unpaired) electrons. The van der Waals surface area contributed by atoms with Crippen LogP contribution in [0.4, 0.5) is 0 Å². The third kappa shape index (κ3) is 2.21. The number of nitrogens with two attached hydrogens (primary N) is 1. The van der Waals surface area contributed by atoms with Gasteiger partial charge in [0.2, 0.25) is 0 Å². The Morgan fingerprint density at radius 2 is 2.60 bits per heavy atom. The largest absolute Gasteiger partial charge is 0.381 e. The van der Waals surface area contributed by atoms with Crippen LogP contribution >= 0.6 is 0 Å². The summed E-state index contributed by atoms with van der Waals surface area (Å²) >= 11 is 0. The molecule has 4 heteroatoms. The van der Waals surface area contributed by atoms with Crippen LogP contribution in [0.2, 0.25) is 0 Å². The second-order valence-corrected chi connectivity index (χ2v) is 4.07. The molecule has 0 amide bonds. The molecule has 1 fully saturated rings. The summed E-state index contributed by atoms with van der Waals surface area (Å²) in [7, 11) is 0. The van der Waals surface area contributed by atoms with Crippen LogP contribution in [0, 0.1) is 5.92 Å². The molecule has 1 aliphatic heterocycles. The molecule has 1 aliphatic rings. The fourth-order valence-electron chi connectivity index (χ4n) is 2.15. The molecule has 84 valence electrons. The lowest BCUT2D eigenvalue weighted by Gasteiger charge is -2.27. The average Bonchev–Trinajstić information content (AvgIpc) is 2.77. The Morgan fingerprint density at radius 3 is 3.27 bits per heavy atom. The molecular formula is C11H19N3O. The molecule has 2 rings (SSSR count). The minimum atomic E-state index is 0.0141. The van der Waals surface area contributed by atoms with Crippen LogP contribution < -0.4 is 5.73 Å². The molecule has 0 aliphatic carbocycles. The molecule has 0 aromatic carbocycles. The molecule has 0 spiro atoms. The van der Waals surface area contributed by atoms with Gasteiger partial charge >= 0.3 is 0 Å². The molecule has 0 unspecified atom stereocenters. The van der Waals surface area contributed by atoms with Crippen molar-refractivity contribution in [1.29, 1.82) is 0 Å². The predicted molar refractivity (Wildman–Crippen MR) is 58.4 cm³/mol. The zero-order valence-electron chi connectivity index (χ0n) is 9.22. The van der Waals surface area contributed by atoms with Crippen molar-refractivity contribution in [3.05, 3.63) is 18.2 Å². The van der Waals surface area contributed by atoms with Crippen LogP contribution in [-0.2, 0) is 11.3 Å². The number of hydrogen-bond donors (Lipinski definition) is 1. The number of rotatable bonds is 3. The van der Waals surface area contributed by atoms with E-state index in [0.29, 0.717) is 5.92 Å². The maximum atomic E-state index is 6.23. The molecular weight excluding hydrogens is 190 g/mol. The summed E-state index contributed by atoms with van der Waals surface area (Å²) in [6.07, 6.45) is 6.07. The number of aryl methyl sites for hydroxylation is 1. The first-order valence-corrected chi connectivity index (χ1v) is 5.67. The first kappa shape index (κ1) is 10.6. The van der Waals surface area contributed by atoms with Gasteiger partial charge in [-0.25, -0.2) is 4.98 Å². The first-order valence-electron chi connectivity index (χ1n) is 5.67. The fraction of sp³-hybridized carbons (Fsp3) is 0.727. The molecule has 1 aromatic heterocycles. The van der Waals surface area contributed by atoms with E-state index in [1.165, 1.54) is 0 Å². The van der Waals surface area contributed by atoms with E-state index in [1.54, 1.807) is 0 Å². The van der Waals surface area contributed by atoms with Crippen LogP contribution in [-0.4, -0.2) is 22.8 Å². The Balaban J connectivity index is 2.08. The van der Waals surface area contributed by atoms with Gasteiger partial charge in [0.1, 0.15) is 5.82 Å². The quantitative estimate of drug-likeness (QED) is 0.817. The molecule has 15 heavy (non-hydrogen) atoms. The highest BCUT2D eigenvalue weighted by atomic mass is 16.5. The van der Waals surface area contributed by atoms with Crippen LogP contribution in [0.25, 0.3) is 0 Å². The van der Waals surface area contributed by atoms with Crippen molar-refractivity contribution in [2.45, 2.75) is 32.4 Å². The third-order valence-electron chi connectivity index (χ3n) is 3.09. The second kappa shape index (κ2) is 4.77. The van der Waals surface area contributed by atoms with Crippen LogP contribution in [0.3, 0.4) is 0 Å². The standard InChI is InChI=1S/C11H19N3O/c1-2-14-6-5-13-11(14)10(12)9-4-3-7-15-8-9/h5-6,9-10H,2-4,7-8,12H2,1H3/t9-,10+/m1/s1. The van der Waals surface area contributed by atoms with Gasteiger partial charge in [-0.2, -0.15) is 0 Å². The van der Waals surface area contributed by atoms with E-state index in [9.17, 15) is 0 Å². The summed E-state index contributed by atoms with van der Waals surface area (Å²) in [6, 6.07) is 0.0141. The summed E-state index contributed by atoms with van der Waals surface area (Å²) in [5.41, 5.74) is 6.23. The van der Waals surface area contributed by atoms with E-state index in [0.717, 1.165) is 38.4 Å². The fourth-order valence-corrected chi connectivity index (χ4v) is 2.15. The van der Waals surface area contributed by atoms with E-state index in [2.05, 4.69) is 16.5 Å². The highest BCUT2D eigenvalue weighted by molar-refractivity contribution is 5.00. The summed E-state index contributed by atoms with van der Waals surface area (Å²) < 4.78 is 7.57. The first-order chi connectivity index (χ1) is 7.33. The zero-order valence-corrected chi connectivity index (χ0v) is 9.22. The van der Waals surface area contributed by atoms with E-state index < -0.39 is 0 Å². The average molecular weight is 209 g/mol. The number of nitrogens with zero attached hydrogens (tertiary/aromatic N) is 2. The summed E-state index contributed by atoms with van der Waals surface area (Å²) in [5.74, 6) is 1.42. The highest BCUT2D eigenvalue weighted by Crippen LogP contribution is 2.25.